The Bertz CT molecular complexity index is 658. The molecule has 0 bridgehead atoms. The molecule has 11 nitrogen and oxygen atoms in total. The fourth-order valence-corrected chi connectivity index (χ4v) is 3.31. The van der Waals surface area contributed by atoms with Crippen LogP contribution in [0.25, 0.3) is 0 Å². The second kappa shape index (κ2) is 11.0. The number of carbonyl (C=O) groups excluding carboxylic acids is 4. The molecular formula is C17H29N5O6S. The van der Waals surface area contributed by atoms with Crippen molar-refractivity contribution < 1.29 is 29.1 Å². The average Bonchev–Trinajstić information content (AvgIpc) is 3.11. The third kappa shape index (κ3) is 6.89. The van der Waals surface area contributed by atoms with E-state index in [0.717, 1.165) is 0 Å². The van der Waals surface area contributed by atoms with Crippen molar-refractivity contribution in [1.82, 2.24) is 15.5 Å². The van der Waals surface area contributed by atoms with Crippen LogP contribution in [0, 0.1) is 5.92 Å². The predicted molar refractivity (Wildman–Crippen MR) is 107 cm³/mol. The lowest BCUT2D eigenvalue weighted by Crippen LogP contribution is -2.57. The van der Waals surface area contributed by atoms with Gasteiger partial charge in [0.05, 0.1) is 12.5 Å². The number of carbonyl (C=O) groups is 5. The van der Waals surface area contributed by atoms with Gasteiger partial charge in [0.2, 0.25) is 23.6 Å². The minimum absolute atomic E-state index is 0.0656. The molecular weight excluding hydrogens is 402 g/mol. The average molecular weight is 432 g/mol. The summed E-state index contributed by atoms with van der Waals surface area (Å²) in [6, 6.07) is -4.19. The Labute approximate surface area is 174 Å². The summed E-state index contributed by atoms with van der Waals surface area (Å²) in [5, 5.41) is 14.1. The Kier molecular flexibility index (Phi) is 9.37. The van der Waals surface area contributed by atoms with Gasteiger partial charge in [-0.05, 0) is 18.8 Å². The van der Waals surface area contributed by atoms with Crippen molar-refractivity contribution in [1.29, 1.82) is 0 Å². The lowest BCUT2D eigenvalue weighted by atomic mass is 10.0. The normalized spacial score (nSPS) is 19.3. The number of nitrogens with two attached hydrogens (primary N) is 2. The second-order valence-corrected chi connectivity index (χ2v) is 7.64. The van der Waals surface area contributed by atoms with Crippen molar-refractivity contribution in [3.8, 4) is 0 Å². The minimum atomic E-state index is -1.19. The molecule has 4 atom stereocenters. The summed E-state index contributed by atoms with van der Waals surface area (Å²) in [4.78, 5) is 61.0. The Morgan fingerprint density at radius 1 is 1.21 bits per heavy atom. The van der Waals surface area contributed by atoms with Gasteiger partial charge in [-0.2, -0.15) is 12.6 Å². The first kappa shape index (κ1) is 24.7. The summed E-state index contributed by atoms with van der Waals surface area (Å²) in [7, 11) is 0. The van der Waals surface area contributed by atoms with Crippen LogP contribution in [0.15, 0.2) is 0 Å². The highest BCUT2D eigenvalue weighted by Gasteiger charge is 2.38. The minimum Gasteiger partial charge on any atom is -0.480 e. The Hall–Kier alpha value is -2.34. The van der Waals surface area contributed by atoms with E-state index in [1.165, 1.54) is 4.90 Å². The zero-order valence-electron chi connectivity index (χ0n) is 16.5. The van der Waals surface area contributed by atoms with Crippen molar-refractivity contribution >= 4 is 42.2 Å². The van der Waals surface area contributed by atoms with Crippen LogP contribution in [-0.4, -0.2) is 76.1 Å². The number of thiol groups is 1. The fraction of sp³-hybridized carbons (Fsp3) is 0.706. The third-order valence-corrected chi connectivity index (χ3v) is 4.99. The van der Waals surface area contributed by atoms with Crippen LogP contribution in [0.1, 0.15) is 33.1 Å². The quantitative estimate of drug-likeness (QED) is 0.212. The van der Waals surface area contributed by atoms with Crippen molar-refractivity contribution in [3.63, 3.8) is 0 Å². The monoisotopic (exact) mass is 431 g/mol. The standard InChI is InChI=1S/C17H29N5O6S/c1-8(2)13(17(27)28)21-14(24)10(7-29)20-15(25)11-4-3-5-22(11)16(26)9(18)6-12(19)23/h8-11,13,29H,3-7,18H2,1-2H3,(H2,19,23)(H,20,25)(H,21,24)(H,27,28). The third-order valence-electron chi connectivity index (χ3n) is 4.62. The number of amides is 4. The van der Waals surface area contributed by atoms with Gasteiger partial charge in [0.25, 0.3) is 0 Å². The van der Waals surface area contributed by atoms with E-state index in [1.807, 2.05) is 0 Å². The van der Waals surface area contributed by atoms with E-state index < -0.39 is 53.8 Å². The first-order chi connectivity index (χ1) is 13.5. The first-order valence-electron chi connectivity index (χ1n) is 9.28. The van der Waals surface area contributed by atoms with Gasteiger partial charge in [0.1, 0.15) is 18.1 Å². The number of hydrogen-bond acceptors (Lipinski definition) is 7. The molecule has 0 radical (unpaired) electrons. The van der Waals surface area contributed by atoms with Gasteiger partial charge in [0.15, 0.2) is 0 Å². The number of carboxylic acids is 1. The number of primary amides is 1. The second-order valence-electron chi connectivity index (χ2n) is 7.28. The van der Waals surface area contributed by atoms with Crippen LogP contribution in [0.4, 0.5) is 0 Å². The molecule has 1 heterocycles. The van der Waals surface area contributed by atoms with E-state index in [2.05, 4.69) is 23.3 Å². The fourth-order valence-electron chi connectivity index (χ4n) is 3.05. The summed E-state index contributed by atoms with van der Waals surface area (Å²) in [5.74, 6) is -4.17. The van der Waals surface area contributed by atoms with E-state index in [9.17, 15) is 29.1 Å². The number of nitrogens with zero attached hydrogens (tertiary/aromatic N) is 1. The van der Waals surface area contributed by atoms with Crippen LogP contribution < -0.4 is 22.1 Å². The van der Waals surface area contributed by atoms with Gasteiger partial charge in [-0.15, -0.1) is 0 Å². The van der Waals surface area contributed by atoms with Gasteiger partial charge in [0, 0.05) is 12.3 Å². The summed E-state index contributed by atoms with van der Waals surface area (Å²) >= 11 is 4.06. The number of hydrogen-bond donors (Lipinski definition) is 6. The van der Waals surface area contributed by atoms with E-state index in [-0.39, 0.29) is 24.6 Å². The van der Waals surface area contributed by atoms with Gasteiger partial charge in [-0.3, -0.25) is 19.2 Å². The van der Waals surface area contributed by atoms with Crippen molar-refractivity contribution in [2.45, 2.75) is 57.3 Å². The Morgan fingerprint density at radius 2 is 1.83 bits per heavy atom. The molecule has 0 aliphatic carbocycles. The smallest absolute Gasteiger partial charge is 0.326 e. The molecule has 0 aromatic heterocycles. The molecule has 7 N–H and O–H groups in total. The van der Waals surface area contributed by atoms with E-state index in [0.29, 0.717) is 12.8 Å². The molecule has 1 aliphatic heterocycles. The molecule has 1 fully saturated rings. The van der Waals surface area contributed by atoms with Crippen molar-refractivity contribution in [3.05, 3.63) is 0 Å². The number of carboxylic acid groups (broad SMARTS) is 1. The highest BCUT2D eigenvalue weighted by Crippen LogP contribution is 2.19. The highest BCUT2D eigenvalue weighted by molar-refractivity contribution is 7.80. The zero-order chi connectivity index (χ0) is 22.3. The van der Waals surface area contributed by atoms with Crippen LogP contribution in [0.2, 0.25) is 0 Å². The van der Waals surface area contributed by atoms with Crippen LogP contribution >= 0.6 is 12.6 Å². The molecule has 4 unspecified atom stereocenters. The van der Waals surface area contributed by atoms with E-state index in [1.54, 1.807) is 13.8 Å². The predicted octanol–water partition coefficient (Wildman–Crippen LogP) is -2.18. The SMILES string of the molecule is CC(C)C(NC(=O)C(CS)NC(=O)C1CCCN1C(=O)C(N)CC(N)=O)C(=O)O. The summed E-state index contributed by atoms with van der Waals surface area (Å²) in [6.07, 6.45) is 0.585. The first-order valence-corrected chi connectivity index (χ1v) is 9.91. The molecule has 12 heteroatoms. The van der Waals surface area contributed by atoms with Gasteiger partial charge in [-0.25, -0.2) is 4.79 Å². The maximum Gasteiger partial charge on any atom is 0.326 e. The van der Waals surface area contributed by atoms with Crippen LogP contribution in [0.5, 0.6) is 0 Å². The van der Waals surface area contributed by atoms with Crippen molar-refractivity contribution in [2.75, 3.05) is 12.3 Å². The highest BCUT2D eigenvalue weighted by atomic mass is 32.1. The zero-order valence-corrected chi connectivity index (χ0v) is 17.4. The molecule has 0 aromatic rings. The number of likely N-dealkylation sites (tertiary alicyclic amines) is 1. The van der Waals surface area contributed by atoms with Gasteiger partial charge >= 0.3 is 5.97 Å². The lowest BCUT2D eigenvalue weighted by molar-refractivity contribution is -0.144. The molecule has 1 saturated heterocycles. The maximum atomic E-state index is 12.7. The molecule has 0 aromatic carbocycles. The molecule has 29 heavy (non-hydrogen) atoms. The summed E-state index contributed by atoms with van der Waals surface area (Å²) < 4.78 is 0. The molecule has 1 aliphatic rings. The Morgan fingerprint density at radius 3 is 2.31 bits per heavy atom. The van der Waals surface area contributed by atoms with Crippen LogP contribution in [0.3, 0.4) is 0 Å². The molecule has 4 amide bonds. The van der Waals surface area contributed by atoms with Crippen molar-refractivity contribution in [2.24, 2.45) is 17.4 Å². The van der Waals surface area contributed by atoms with Gasteiger partial charge in [-0.1, -0.05) is 13.8 Å². The number of aliphatic carboxylic acids is 1. The topological polar surface area (TPSA) is 185 Å². The molecule has 164 valence electrons. The van der Waals surface area contributed by atoms with E-state index >= 15 is 0 Å². The molecule has 1 rings (SSSR count). The lowest BCUT2D eigenvalue weighted by Gasteiger charge is -2.28. The molecule has 0 saturated carbocycles. The largest absolute Gasteiger partial charge is 0.480 e. The van der Waals surface area contributed by atoms with Crippen LogP contribution in [-0.2, 0) is 24.0 Å². The number of nitrogens with one attached hydrogen (secondary N) is 2. The summed E-state index contributed by atoms with van der Waals surface area (Å²) in [6.45, 7) is 3.57. The number of rotatable bonds is 10. The summed E-state index contributed by atoms with van der Waals surface area (Å²) in [5.41, 5.74) is 10.8. The van der Waals surface area contributed by atoms with Gasteiger partial charge < -0.3 is 32.1 Å². The maximum absolute atomic E-state index is 12.7. The molecule has 0 spiro atoms. The van der Waals surface area contributed by atoms with E-state index in [4.69, 9.17) is 11.5 Å². The Balaban J connectivity index is 2.80.